The van der Waals surface area contributed by atoms with E-state index in [9.17, 15) is 0 Å². The lowest BCUT2D eigenvalue weighted by Gasteiger charge is -2.32. The first kappa shape index (κ1) is 14.3. The first-order valence-electron chi connectivity index (χ1n) is 7.78. The van der Waals surface area contributed by atoms with Crippen molar-refractivity contribution < 1.29 is 0 Å². The van der Waals surface area contributed by atoms with Crippen LogP contribution in [0.1, 0.15) is 24.1 Å². The Hall–Kier alpha value is -1.65. The summed E-state index contributed by atoms with van der Waals surface area (Å²) in [5.41, 5.74) is 2.54. The Kier molecular flexibility index (Phi) is 4.68. The van der Waals surface area contributed by atoms with Gasteiger partial charge in [-0.2, -0.15) is 5.10 Å². The number of hydrogen-bond donors (Lipinski definition) is 1. The molecule has 1 aromatic heterocycles. The van der Waals surface area contributed by atoms with Gasteiger partial charge in [0.1, 0.15) is 0 Å². The molecule has 0 spiro atoms. The number of nitrogens with zero attached hydrogens (tertiary/aromatic N) is 3. The standard InChI is InChI=1S/C17H24N4/c1-20-10-7-17(19-20)13-18-16-8-11-21(12-9-16)14-15-5-3-2-4-6-15/h2-7,10,16,18H,8-9,11-14H2,1H3. The van der Waals surface area contributed by atoms with Gasteiger partial charge in [0.2, 0.25) is 0 Å². The normalized spacial score (nSPS) is 17.2. The van der Waals surface area contributed by atoms with Crippen molar-refractivity contribution in [3.8, 4) is 0 Å². The maximum atomic E-state index is 4.41. The van der Waals surface area contributed by atoms with Gasteiger partial charge in [0.15, 0.2) is 0 Å². The van der Waals surface area contributed by atoms with Crippen molar-refractivity contribution in [2.24, 2.45) is 7.05 Å². The molecule has 1 aliphatic rings. The van der Waals surface area contributed by atoms with Crippen molar-refractivity contribution in [2.45, 2.75) is 32.0 Å². The van der Waals surface area contributed by atoms with E-state index in [-0.39, 0.29) is 0 Å². The Morgan fingerprint density at radius 1 is 1.14 bits per heavy atom. The molecule has 1 saturated heterocycles. The van der Waals surface area contributed by atoms with Gasteiger partial charge >= 0.3 is 0 Å². The van der Waals surface area contributed by atoms with Crippen LogP contribution in [0, 0.1) is 0 Å². The number of aryl methyl sites for hydroxylation is 1. The zero-order chi connectivity index (χ0) is 14.5. The molecule has 4 heteroatoms. The molecule has 112 valence electrons. The Morgan fingerprint density at radius 2 is 1.90 bits per heavy atom. The molecule has 3 rings (SSSR count). The summed E-state index contributed by atoms with van der Waals surface area (Å²) in [4.78, 5) is 2.55. The lowest BCUT2D eigenvalue weighted by Crippen LogP contribution is -2.41. The van der Waals surface area contributed by atoms with E-state index in [4.69, 9.17) is 0 Å². The van der Waals surface area contributed by atoms with Crippen molar-refractivity contribution >= 4 is 0 Å². The van der Waals surface area contributed by atoms with E-state index in [0.717, 1.165) is 18.8 Å². The summed E-state index contributed by atoms with van der Waals surface area (Å²) in [6.45, 7) is 4.31. The van der Waals surface area contributed by atoms with Crippen molar-refractivity contribution in [2.75, 3.05) is 13.1 Å². The summed E-state index contributed by atoms with van der Waals surface area (Å²) in [5, 5.41) is 8.04. The van der Waals surface area contributed by atoms with Crippen molar-refractivity contribution in [3.63, 3.8) is 0 Å². The first-order valence-corrected chi connectivity index (χ1v) is 7.78. The number of aromatic nitrogens is 2. The van der Waals surface area contributed by atoms with Crippen LogP contribution in [0.15, 0.2) is 42.6 Å². The molecule has 2 aromatic rings. The second-order valence-electron chi connectivity index (χ2n) is 5.90. The molecular formula is C17H24N4. The smallest absolute Gasteiger partial charge is 0.0762 e. The first-order chi connectivity index (χ1) is 10.3. The Bertz CT molecular complexity index is 541. The maximum absolute atomic E-state index is 4.41. The fourth-order valence-electron chi connectivity index (χ4n) is 2.94. The number of nitrogens with one attached hydrogen (secondary N) is 1. The molecule has 1 aromatic carbocycles. The second kappa shape index (κ2) is 6.87. The zero-order valence-electron chi connectivity index (χ0n) is 12.7. The van der Waals surface area contributed by atoms with Crippen LogP contribution >= 0.6 is 0 Å². The third-order valence-electron chi connectivity index (χ3n) is 4.18. The third-order valence-corrected chi connectivity index (χ3v) is 4.18. The van der Waals surface area contributed by atoms with Crippen LogP contribution in [-0.4, -0.2) is 33.8 Å². The highest BCUT2D eigenvalue weighted by molar-refractivity contribution is 5.14. The van der Waals surface area contributed by atoms with E-state index in [1.165, 1.54) is 31.5 Å². The molecule has 0 radical (unpaired) electrons. The minimum absolute atomic E-state index is 0.624. The van der Waals surface area contributed by atoms with E-state index in [2.05, 4.69) is 51.7 Å². The summed E-state index contributed by atoms with van der Waals surface area (Å²) >= 11 is 0. The number of likely N-dealkylation sites (tertiary alicyclic amines) is 1. The average molecular weight is 284 g/mol. The van der Waals surface area contributed by atoms with Crippen molar-refractivity contribution in [1.82, 2.24) is 20.0 Å². The van der Waals surface area contributed by atoms with Crippen LogP contribution in [0.3, 0.4) is 0 Å². The predicted octanol–water partition coefficient (Wildman–Crippen LogP) is 2.17. The van der Waals surface area contributed by atoms with Crippen LogP contribution in [0.2, 0.25) is 0 Å². The molecule has 1 aliphatic heterocycles. The van der Waals surface area contributed by atoms with Crippen LogP contribution in [0.25, 0.3) is 0 Å². The topological polar surface area (TPSA) is 33.1 Å². The molecule has 4 nitrogen and oxygen atoms in total. The van der Waals surface area contributed by atoms with E-state index in [1.54, 1.807) is 0 Å². The Morgan fingerprint density at radius 3 is 2.57 bits per heavy atom. The number of hydrogen-bond acceptors (Lipinski definition) is 3. The van der Waals surface area contributed by atoms with Gasteiger partial charge in [0, 0.05) is 32.4 Å². The molecule has 0 amide bonds. The summed E-state index contributed by atoms with van der Waals surface area (Å²) in [6.07, 6.45) is 4.44. The van der Waals surface area contributed by atoms with Gasteiger partial charge in [-0.25, -0.2) is 0 Å². The minimum atomic E-state index is 0.624. The van der Waals surface area contributed by atoms with Crippen LogP contribution < -0.4 is 5.32 Å². The molecule has 0 aliphatic carbocycles. The van der Waals surface area contributed by atoms with Crippen LogP contribution in [-0.2, 0) is 20.1 Å². The van der Waals surface area contributed by atoms with Gasteiger partial charge in [-0.15, -0.1) is 0 Å². The molecule has 1 N–H and O–H groups in total. The third kappa shape index (κ3) is 4.16. The molecule has 2 heterocycles. The fourth-order valence-corrected chi connectivity index (χ4v) is 2.94. The maximum Gasteiger partial charge on any atom is 0.0762 e. The number of piperidine rings is 1. The van der Waals surface area contributed by atoms with E-state index >= 15 is 0 Å². The van der Waals surface area contributed by atoms with Gasteiger partial charge in [-0.3, -0.25) is 9.58 Å². The minimum Gasteiger partial charge on any atom is -0.308 e. The SMILES string of the molecule is Cn1ccc(CNC2CCN(Cc3ccccc3)CC2)n1. The van der Waals surface area contributed by atoms with Crippen molar-refractivity contribution in [1.29, 1.82) is 0 Å². The summed E-state index contributed by atoms with van der Waals surface area (Å²) in [5.74, 6) is 0. The Labute approximate surface area is 126 Å². The fraction of sp³-hybridized carbons (Fsp3) is 0.471. The lowest BCUT2D eigenvalue weighted by atomic mass is 10.0. The van der Waals surface area contributed by atoms with Gasteiger partial charge < -0.3 is 5.32 Å². The summed E-state index contributed by atoms with van der Waals surface area (Å²) < 4.78 is 1.86. The molecule has 0 bridgehead atoms. The van der Waals surface area contributed by atoms with E-state index < -0.39 is 0 Å². The quantitative estimate of drug-likeness (QED) is 0.913. The number of rotatable bonds is 5. The highest BCUT2D eigenvalue weighted by Gasteiger charge is 2.18. The number of benzene rings is 1. The Balaban J connectivity index is 1.40. The molecule has 0 atom stereocenters. The van der Waals surface area contributed by atoms with Gasteiger partial charge in [-0.05, 0) is 37.6 Å². The van der Waals surface area contributed by atoms with Gasteiger partial charge in [0.05, 0.1) is 5.69 Å². The lowest BCUT2D eigenvalue weighted by molar-refractivity contribution is 0.190. The average Bonchev–Trinajstić information content (AvgIpc) is 2.93. The molecule has 1 fully saturated rings. The summed E-state index contributed by atoms with van der Waals surface area (Å²) in [7, 11) is 1.96. The zero-order valence-corrected chi connectivity index (χ0v) is 12.7. The predicted molar refractivity (Wildman–Crippen MR) is 84.8 cm³/mol. The molecule has 21 heavy (non-hydrogen) atoms. The van der Waals surface area contributed by atoms with Crippen LogP contribution in [0.4, 0.5) is 0 Å². The summed E-state index contributed by atoms with van der Waals surface area (Å²) in [6, 6.07) is 13.5. The highest BCUT2D eigenvalue weighted by Crippen LogP contribution is 2.14. The molecule has 0 unspecified atom stereocenters. The molecule has 0 saturated carbocycles. The largest absolute Gasteiger partial charge is 0.308 e. The van der Waals surface area contributed by atoms with Gasteiger partial charge in [0.25, 0.3) is 0 Å². The second-order valence-corrected chi connectivity index (χ2v) is 5.90. The van der Waals surface area contributed by atoms with Crippen molar-refractivity contribution in [3.05, 3.63) is 53.9 Å². The highest BCUT2D eigenvalue weighted by atomic mass is 15.3. The monoisotopic (exact) mass is 284 g/mol. The van der Waals surface area contributed by atoms with Crippen LogP contribution in [0.5, 0.6) is 0 Å². The molecular weight excluding hydrogens is 260 g/mol. The van der Waals surface area contributed by atoms with E-state index in [0.29, 0.717) is 6.04 Å². The van der Waals surface area contributed by atoms with Gasteiger partial charge in [-0.1, -0.05) is 30.3 Å². The van der Waals surface area contributed by atoms with E-state index in [1.807, 2.05) is 17.9 Å².